The van der Waals surface area contributed by atoms with Crippen LogP contribution in [-0.4, -0.2) is 23.7 Å². The van der Waals surface area contributed by atoms with Gasteiger partial charge in [-0.15, -0.1) is 11.3 Å². The molecule has 4 nitrogen and oxygen atoms in total. The highest BCUT2D eigenvalue weighted by molar-refractivity contribution is 7.13. The standard InChI is InChI=1S/C19H26F3N3OS/c1-3-4-5-6-7-8-11-25(2)16-10-9-14(12-15(16)19(20,21)22)23-18-24-17(26)13-27-18/h9-10,12-13,26H,3-8,11H2,1-2H3,(H,23,24). The van der Waals surface area contributed by atoms with Gasteiger partial charge in [0.15, 0.2) is 5.13 Å². The highest BCUT2D eigenvalue weighted by atomic mass is 32.1. The van der Waals surface area contributed by atoms with Crippen LogP contribution in [0.3, 0.4) is 0 Å². The van der Waals surface area contributed by atoms with Crippen molar-refractivity contribution in [2.45, 2.75) is 51.6 Å². The summed E-state index contributed by atoms with van der Waals surface area (Å²) in [4.78, 5) is 5.47. The Morgan fingerprint density at radius 2 is 1.85 bits per heavy atom. The van der Waals surface area contributed by atoms with E-state index in [1.54, 1.807) is 18.0 Å². The Morgan fingerprint density at radius 3 is 2.48 bits per heavy atom. The predicted octanol–water partition coefficient (Wildman–Crippen LogP) is 6.41. The van der Waals surface area contributed by atoms with Gasteiger partial charge < -0.3 is 15.3 Å². The summed E-state index contributed by atoms with van der Waals surface area (Å²) >= 11 is 1.12. The molecule has 8 heteroatoms. The second-order valence-corrected chi connectivity index (χ2v) is 7.41. The van der Waals surface area contributed by atoms with Crippen molar-refractivity contribution in [1.82, 2.24) is 4.98 Å². The van der Waals surface area contributed by atoms with Crippen molar-refractivity contribution in [3.8, 4) is 5.88 Å². The number of anilines is 3. The van der Waals surface area contributed by atoms with E-state index in [9.17, 15) is 18.3 Å². The maximum atomic E-state index is 13.6. The van der Waals surface area contributed by atoms with E-state index < -0.39 is 11.7 Å². The first-order chi connectivity index (χ1) is 12.8. The van der Waals surface area contributed by atoms with Crippen LogP contribution in [0.15, 0.2) is 23.6 Å². The molecule has 1 aromatic heterocycles. The first-order valence-corrected chi connectivity index (χ1v) is 10.0. The molecule has 0 aliphatic rings. The number of aromatic nitrogens is 1. The van der Waals surface area contributed by atoms with Crippen LogP contribution in [0.4, 0.5) is 29.7 Å². The molecule has 0 fully saturated rings. The minimum Gasteiger partial charge on any atom is -0.493 e. The van der Waals surface area contributed by atoms with Gasteiger partial charge in [0, 0.05) is 25.0 Å². The Morgan fingerprint density at radius 1 is 1.15 bits per heavy atom. The minimum absolute atomic E-state index is 0.158. The largest absolute Gasteiger partial charge is 0.493 e. The van der Waals surface area contributed by atoms with Crippen LogP contribution in [0.1, 0.15) is 51.0 Å². The normalized spacial score (nSPS) is 11.6. The van der Waals surface area contributed by atoms with Crippen LogP contribution < -0.4 is 10.2 Å². The van der Waals surface area contributed by atoms with Crippen molar-refractivity contribution in [1.29, 1.82) is 0 Å². The predicted molar refractivity (Wildman–Crippen MR) is 105 cm³/mol. The molecule has 1 aromatic carbocycles. The van der Waals surface area contributed by atoms with E-state index in [1.165, 1.54) is 30.7 Å². The summed E-state index contributed by atoms with van der Waals surface area (Å²) in [7, 11) is 1.70. The van der Waals surface area contributed by atoms with Gasteiger partial charge in [-0.25, -0.2) is 0 Å². The topological polar surface area (TPSA) is 48.4 Å². The molecule has 0 unspecified atom stereocenters. The second-order valence-electron chi connectivity index (χ2n) is 6.55. The maximum absolute atomic E-state index is 13.6. The Kier molecular flexibility index (Phi) is 7.77. The SMILES string of the molecule is CCCCCCCCN(C)c1ccc(Nc2nc(O)cs2)cc1C(F)(F)F. The lowest BCUT2D eigenvalue weighted by atomic mass is 10.1. The van der Waals surface area contributed by atoms with E-state index in [1.807, 2.05) is 0 Å². The Hall–Kier alpha value is -1.96. The summed E-state index contributed by atoms with van der Waals surface area (Å²) in [6, 6.07) is 4.17. The monoisotopic (exact) mass is 401 g/mol. The van der Waals surface area contributed by atoms with Crippen molar-refractivity contribution in [3.05, 3.63) is 29.1 Å². The van der Waals surface area contributed by atoms with Crippen LogP contribution in [0.5, 0.6) is 5.88 Å². The van der Waals surface area contributed by atoms with Crippen LogP contribution in [-0.2, 0) is 6.18 Å². The Balaban J connectivity index is 2.06. The van der Waals surface area contributed by atoms with Gasteiger partial charge in [-0.3, -0.25) is 0 Å². The number of aromatic hydroxyl groups is 1. The van der Waals surface area contributed by atoms with E-state index in [2.05, 4.69) is 17.2 Å². The van der Waals surface area contributed by atoms with E-state index in [-0.39, 0.29) is 17.3 Å². The van der Waals surface area contributed by atoms with Gasteiger partial charge in [0.2, 0.25) is 5.88 Å². The molecule has 0 atom stereocenters. The molecule has 2 aromatic rings. The Labute approximate surface area is 162 Å². The summed E-state index contributed by atoms with van der Waals surface area (Å²) in [6.07, 6.45) is 2.13. The van der Waals surface area contributed by atoms with Gasteiger partial charge in [0.25, 0.3) is 0 Å². The molecular formula is C19H26F3N3OS. The molecule has 0 spiro atoms. The molecule has 0 saturated carbocycles. The third-order valence-electron chi connectivity index (χ3n) is 4.30. The second kappa shape index (κ2) is 9.82. The molecule has 2 N–H and O–H groups in total. The zero-order chi connectivity index (χ0) is 19.9. The molecule has 27 heavy (non-hydrogen) atoms. The fourth-order valence-corrected chi connectivity index (χ4v) is 3.46. The minimum atomic E-state index is -4.45. The fourth-order valence-electron chi connectivity index (χ4n) is 2.87. The van der Waals surface area contributed by atoms with Gasteiger partial charge >= 0.3 is 6.18 Å². The number of nitrogens with zero attached hydrogens (tertiary/aromatic N) is 2. The zero-order valence-corrected chi connectivity index (χ0v) is 16.5. The van der Waals surface area contributed by atoms with Crippen molar-refractivity contribution in [2.24, 2.45) is 0 Å². The highest BCUT2D eigenvalue weighted by Crippen LogP contribution is 2.39. The number of thiazole rings is 1. The average Bonchev–Trinajstić information content (AvgIpc) is 3.02. The Bertz CT molecular complexity index is 718. The number of unbranched alkanes of at least 4 members (excludes halogenated alkanes) is 5. The number of hydrogen-bond donors (Lipinski definition) is 2. The molecule has 0 bridgehead atoms. The van der Waals surface area contributed by atoms with Crippen LogP contribution >= 0.6 is 11.3 Å². The number of alkyl halides is 3. The lowest BCUT2D eigenvalue weighted by molar-refractivity contribution is -0.137. The molecule has 150 valence electrons. The third kappa shape index (κ3) is 6.61. The first kappa shape index (κ1) is 21.3. The fraction of sp³-hybridized carbons (Fsp3) is 0.526. The van der Waals surface area contributed by atoms with Gasteiger partial charge in [0.1, 0.15) is 0 Å². The molecule has 0 saturated heterocycles. The van der Waals surface area contributed by atoms with Gasteiger partial charge in [0.05, 0.1) is 10.9 Å². The summed E-state index contributed by atoms with van der Waals surface area (Å²) in [5.41, 5.74) is -0.223. The summed E-state index contributed by atoms with van der Waals surface area (Å²) in [5, 5.41) is 13.8. The molecule has 0 radical (unpaired) electrons. The van der Waals surface area contributed by atoms with Gasteiger partial charge in [-0.05, 0) is 24.6 Å². The molecule has 0 amide bonds. The van der Waals surface area contributed by atoms with E-state index >= 15 is 0 Å². The molecule has 0 aliphatic heterocycles. The quantitative estimate of drug-likeness (QED) is 0.452. The average molecular weight is 401 g/mol. The number of rotatable bonds is 10. The lowest BCUT2D eigenvalue weighted by Crippen LogP contribution is -2.22. The molecule has 1 heterocycles. The first-order valence-electron chi connectivity index (χ1n) is 9.15. The molecule has 0 aliphatic carbocycles. The third-order valence-corrected chi connectivity index (χ3v) is 5.05. The van der Waals surface area contributed by atoms with Crippen molar-refractivity contribution < 1.29 is 18.3 Å². The number of hydrogen-bond acceptors (Lipinski definition) is 5. The zero-order valence-electron chi connectivity index (χ0n) is 15.6. The number of benzene rings is 1. The highest BCUT2D eigenvalue weighted by Gasteiger charge is 2.34. The van der Waals surface area contributed by atoms with Crippen molar-refractivity contribution in [3.63, 3.8) is 0 Å². The summed E-state index contributed by atoms with van der Waals surface area (Å²) < 4.78 is 40.7. The molecular weight excluding hydrogens is 375 g/mol. The summed E-state index contributed by atoms with van der Waals surface area (Å²) in [5.74, 6) is -0.158. The summed E-state index contributed by atoms with van der Waals surface area (Å²) in [6.45, 7) is 2.74. The van der Waals surface area contributed by atoms with E-state index in [4.69, 9.17) is 0 Å². The number of halogens is 3. The van der Waals surface area contributed by atoms with Crippen molar-refractivity contribution in [2.75, 3.05) is 23.8 Å². The van der Waals surface area contributed by atoms with E-state index in [0.717, 1.165) is 36.7 Å². The maximum Gasteiger partial charge on any atom is 0.418 e. The van der Waals surface area contributed by atoms with Crippen LogP contribution in [0.2, 0.25) is 0 Å². The molecule has 2 rings (SSSR count). The number of nitrogens with one attached hydrogen (secondary N) is 1. The van der Waals surface area contributed by atoms with Crippen LogP contribution in [0, 0.1) is 0 Å². The van der Waals surface area contributed by atoms with Crippen molar-refractivity contribution >= 4 is 27.8 Å². The van der Waals surface area contributed by atoms with Crippen LogP contribution in [0.25, 0.3) is 0 Å². The smallest absolute Gasteiger partial charge is 0.418 e. The van der Waals surface area contributed by atoms with Gasteiger partial charge in [-0.1, -0.05) is 39.0 Å². The van der Waals surface area contributed by atoms with E-state index in [0.29, 0.717) is 11.7 Å². The lowest BCUT2D eigenvalue weighted by Gasteiger charge is -2.24. The van der Waals surface area contributed by atoms with Gasteiger partial charge in [-0.2, -0.15) is 18.2 Å².